The monoisotopic (exact) mass is 160 g/mol. The summed E-state index contributed by atoms with van der Waals surface area (Å²) < 4.78 is 1.29. The van der Waals surface area contributed by atoms with Gasteiger partial charge in [0.2, 0.25) is 0 Å². The summed E-state index contributed by atoms with van der Waals surface area (Å²) in [5.74, 6) is 0. The molecule has 0 amide bonds. The Hall–Kier alpha value is -2.09. The second-order valence-corrected chi connectivity index (χ2v) is 2.25. The van der Waals surface area contributed by atoms with Gasteiger partial charge < -0.3 is 4.98 Å². The highest BCUT2D eigenvalue weighted by atomic mass is 16.1. The minimum absolute atomic E-state index is 0.242. The van der Waals surface area contributed by atoms with E-state index in [-0.39, 0.29) is 11.4 Å². The number of aromatic amines is 1. The normalized spacial score (nSPS) is 9.92. The fourth-order valence-electron chi connectivity index (χ4n) is 0.986. The van der Waals surface area contributed by atoms with E-state index in [1.807, 2.05) is 6.07 Å². The topological polar surface area (TPSA) is 73.9 Å². The number of nitrogens with zero attached hydrogens (tertiary/aromatic N) is 3. The Balaban J connectivity index is 2.95. The maximum Gasteiger partial charge on any atom is 0.331 e. The highest BCUT2D eigenvalue weighted by Crippen LogP contribution is 1.97. The molecule has 5 nitrogen and oxygen atoms in total. The largest absolute Gasteiger partial charge is 0.331 e. The third-order valence-corrected chi connectivity index (χ3v) is 1.51. The van der Waals surface area contributed by atoms with Crippen LogP contribution in [0.15, 0.2) is 23.3 Å². The van der Waals surface area contributed by atoms with Crippen LogP contribution in [0, 0.1) is 11.3 Å². The van der Waals surface area contributed by atoms with Gasteiger partial charge in [0.1, 0.15) is 11.7 Å². The van der Waals surface area contributed by atoms with Crippen LogP contribution in [0.25, 0.3) is 5.65 Å². The van der Waals surface area contributed by atoms with Crippen LogP contribution in [-0.2, 0) is 0 Å². The highest BCUT2D eigenvalue weighted by Gasteiger charge is 2.00. The molecule has 0 fully saturated rings. The van der Waals surface area contributed by atoms with Crippen LogP contribution in [0.3, 0.4) is 0 Å². The molecule has 0 aliphatic heterocycles. The van der Waals surface area contributed by atoms with Crippen LogP contribution in [-0.4, -0.2) is 14.4 Å². The number of rotatable bonds is 0. The molecular weight excluding hydrogens is 156 g/mol. The molecule has 0 unspecified atom stereocenters. The van der Waals surface area contributed by atoms with Gasteiger partial charge in [-0.2, -0.15) is 5.26 Å². The molecule has 2 aromatic heterocycles. The quantitative estimate of drug-likeness (QED) is 0.584. The van der Waals surface area contributed by atoms with Crippen LogP contribution in [0.4, 0.5) is 0 Å². The molecule has 5 heteroatoms. The van der Waals surface area contributed by atoms with Crippen molar-refractivity contribution in [3.8, 4) is 6.07 Å². The lowest BCUT2D eigenvalue weighted by Gasteiger charge is -1.86. The molecule has 0 bridgehead atoms. The van der Waals surface area contributed by atoms with Gasteiger partial charge in [0, 0.05) is 6.20 Å². The fourth-order valence-corrected chi connectivity index (χ4v) is 0.986. The van der Waals surface area contributed by atoms with Crippen LogP contribution in [0.5, 0.6) is 0 Å². The van der Waals surface area contributed by atoms with Crippen molar-refractivity contribution in [2.45, 2.75) is 0 Å². The molecule has 0 saturated carbocycles. The number of nitrogens with one attached hydrogen (secondary N) is 1. The zero-order valence-corrected chi connectivity index (χ0v) is 5.98. The molecule has 2 rings (SSSR count). The Kier molecular flexibility index (Phi) is 1.21. The number of imidazole rings is 1. The van der Waals surface area contributed by atoms with Crippen LogP contribution in [0.1, 0.15) is 5.69 Å². The average molecular weight is 160 g/mol. The molecule has 0 spiro atoms. The summed E-state index contributed by atoms with van der Waals surface area (Å²) in [5, 5.41) is 8.49. The first-order valence-electron chi connectivity index (χ1n) is 3.28. The van der Waals surface area contributed by atoms with Gasteiger partial charge in [-0.25, -0.2) is 9.78 Å². The fraction of sp³-hybridized carbons (Fsp3) is 0. The second kappa shape index (κ2) is 2.20. The molecule has 1 N–H and O–H groups in total. The molecule has 2 heterocycles. The predicted octanol–water partition coefficient (Wildman–Crippen LogP) is -0.106. The van der Waals surface area contributed by atoms with Gasteiger partial charge in [0.05, 0.1) is 6.20 Å². The summed E-state index contributed by atoms with van der Waals surface area (Å²) in [6.07, 6.45) is 2.89. The molecule has 0 saturated heterocycles. The van der Waals surface area contributed by atoms with Crippen LogP contribution in [0.2, 0.25) is 0 Å². The van der Waals surface area contributed by atoms with Crippen LogP contribution < -0.4 is 5.69 Å². The van der Waals surface area contributed by atoms with E-state index in [0.717, 1.165) is 0 Å². The van der Waals surface area contributed by atoms with Crippen molar-refractivity contribution >= 4 is 5.65 Å². The molecule has 0 aliphatic rings. The van der Waals surface area contributed by atoms with Crippen molar-refractivity contribution in [3.05, 3.63) is 34.6 Å². The van der Waals surface area contributed by atoms with Crippen LogP contribution >= 0.6 is 0 Å². The van der Waals surface area contributed by atoms with Crippen molar-refractivity contribution in [1.29, 1.82) is 5.26 Å². The third-order valence-electron chi connectivity index (χ3n) is 1.51. The summed E-state index contributed by atoms with van der Waals surface area (Å²) >= 11 is 0. The lowest BCUT2D eigenvalue weighted by atomic mass is 10.5. The zero-order valence-electron chi connectivity index (χ0n) is 5.98. The van der Waals surface area contributed by atoms with Gasteiger partial charge in [0.25, 0.3) is 0 Å². The Bertz CT molecular complexity index is 516. The molecule has 58 valence electrons. The Morgan fingerprint density at radius 2 is 2.50 bits per heavy atom. The summed E-state index contributed by atoms with van der Waals surface area (Å²) in [6, 6.07) is 3.49. The van der Waals surface area contributed by atoms with E-state index in [1.54, 1.807) is 6.07 Å². The van der Waals surface area contributed by atoms with E-state index in [0.29, 0.717) is 5.65 Å². The van der Waals surface area contributed by atoms with Crippen molar-refractivity contribution in [2.24, 2.45) is 0 Å². The first-order chi connectivity index (χ1) is 5.81. The lowest BCUT2D eigenvalue weighted by molar-refractivity contribution is 1.00. The Labute approximate surface area is 66.9 Å². The van der Waals surface area contributed by atoms with Crippen molar-refractivity contribution < 1.29 is 0 Å². The maximum absolute atomic E-state index is 11.1. The average Bonchev–Trinajstić information content (AvgIpc) is 2.49. The minimum Gasteiger partial charge on any atom is -0.314 e. The summed E-state index contributed by atoms with van der Waals surface area (Å²) in [5.41, 5.74) is 0.434. The van der Waals surface area contributed by atoms with Gasteiger partial charge >= 0.3 is 5.69 Å². The number of H-pyrrole nitrogens is 1. The van der Waals surface area contributed by atoms with Crippen molar-refractivity contribution in [2.75, 3.05) is 0 Å². The number of hydrogen-bond acceptors (Lipinski definition) is 3. The van der Waals surface area contributed by atoms with Crippen molar-refractivity contribution in [1.82, 2.24) is 14.4 Å². The van der Waals surface area contributed by atoms with E-state index in [1.165, 1.54) is 16.8 Å². The third kappa shape index (κ3) is 0.787. The molecule has 0 atom stereocenters. The van der Waals surface area contributed by atoms with E-state index < -0.39 is 0 Å². The van der Waals surface area contributed by atoms with Gasteiger partial charge in [-0.1, -0.05) is 0 Å². The molecule has 0 aliphatic carbocycles. The van der Waals surface area contributed by atoms with Gasteiger partial charge in [0.15, 0.2) is 5.69 Å². The van der Waals surface area contributed by atoms with E-state index >= 15 is 0 Å². The number of aromatic nitrogens is 3. The Morgan fingerprint density at radius 1 is 1.67 bits per heavy atom. The van der Waals surface area contributed by atoms with E-state index in [4.69, 9.17) is 5.26 Å². The predicted molar refractivity (Wildman–Crippen MR) is 40.5 cm³/mol. The minimum atomic E-state index is -0.290. The molecule has 0 aromatic carbocycles. The first kappa shape index (κ1) is 6.61. The summed E-state index contributed by atoms with van der Waals surface area (Å²) in [7, 11) is 0. The summed E-state index contributed by atoms with van der Waals surface area (Å²) in [6.45, 7) is 0. The Morgan fingerprint density at radius 3 is 3.17 bits per heavy atom. The molecular formula is C7H4N4O. The highest BCUT2D eigenvalue weighted by molar-refractivity contribution is 5.40. The first-order valence-corrected chi connectivity index (χ1v) is 3.28. The van der Waals surface area contributed by atoms with Gasteiger partial charge in [-0.15, -0.1) is 0 Å². The van der Waals surface area contributed by atoms with Crippen molar-refractivity contribution in [3.63, 3.8) is 0 Å². The molecule has 0 radical (unpaired) electrons. The van der Waals surface area contributed by atoms with Gasteiger partial charge in [-0.05, 0) is 6.07 Å². The summed E-state index contributed by atoms with van der Waals surface area (Å²) in [4.78, 5) is 17.4. The van der Waals surface area contributed by atoms with E-state index in [9.17, 15) is 4.79 Å². The molecule has 12 heavy (non-hydrogen) atoms. The van der Waals surface area contributed by atoms with Gasteiger partial charge in [-0.3, -0.25) is 4.40 Å². The second-order valence-electron chi connectivity index (χ2n) is 2.25. The number of fused-ring (bicyclic) bond motifs is 1. The number of nitriles is 1. The maximum atomic E-state index is 11.1. The zero-order chi connectivity index (χ0) is 8.55. The molecule has 2 aromatic rings. The SMILES string of the molecule is N#Cc1cn2c(=O)[nH]ccc2n1. The standard InChI is InChI=1S/C7H4N4O/c8-3-5-4-11-6(10-5)1-2-9-7(11)12/h1-2,4H,(H,9,12). The van der Waals surface area contributed by atoms with E-state index in [2.05, 4.69) is 9.97 Å². The smallest absolute Gasteiger partial charge is 0.314 e. The lowest BCUT2D eigenvalue weighted by Crippen LogP contribution is -2.13. The number of hydrogen-bond donors (Lipinski definition) is 1.